The number of benzene rings is 1. The number of azo groups is 1. The maximum absolute atomic E-state index is 10.8. The van der Waals surface area contributed by atoms with Crippen molar-refractivity contribution in [2.24, 2.45) is 15.6 Å². The molecular weight excluding hydrogens is 370 g/mol. The lowest BCUT2D eigenvalue weighted by molar-refractivity contribution is -0.384. The number of carbonyl (C=O) groups excluding carboxylic acids is 1. The lowest BCUT2D eigenvalue weighted by Crippen LogP contribution is -2.28. The van der Waals surface area contributed by atoms with Crippen molar-refractivity contribution in [1.29, 1.82) is 0 Å². The largest absolute Gasteiger partial charge is 0.481 e. The number of aliphatic carboxylic acids is 2. The Morgan fingerprint density at radius 3 is 2.29 bits per heavy atom. The van der Waals surface area contributed by atoms with Gasteiger partial charge in [-0.05, 0) is 25.5 Å². The Labute approximate surface area is 158 Å². The Balaban J connectivity index is 0.000000203. The molecule has 1 atom stereocenters. The molecular formula is C18H15N3O7. The number of non-ortho nitro benzene ring substituents is 1. The first-order valence-electron chi connectivity index (χ1n) is 7.90. The van der Waals surface area contributed by atoms with Gasteiger partial charge in [-0.2, -0.15) is 0 Å². The van der Waals surface area contributed by atoms with E-state index >= 15 is 0 Å². The summed E-state index contributed by atoms with van der Waals surface area (Å²) in [6, 6.07) is 5.77. The molecule has 10 heteroatoms. The quantitative estimate of drug-likeness (QED) is 0.595. The van der Waals surface area contributed by atoms with Crippen molar-refractivity contribution in [1.82, 2.24) is 0 Å². The van der Waals surface area contributed by atoms with E-state index in [9.17, 15) is 24.5 Å². The monoisotopic (exact) mass is 385 g/mol. The fourth-order valence-electron chi connectivity index (χ4n) is 2.36. The molecule has 1 aliphatic carbocycles. The van der Waals surface area contributed by atoms with E-state index in [1.165, 1.54) is 55.5 Å². The van der Waals surface area contributed by atoms with Crippen LogP contribution in [0.25, 0.3) is 5.70 Å². The van der Waals surface area contributed by atoms with Crippen LogP contribution >= 0.6 is 0 Å². The van der Waals surface area contributed by atoms with Gasteiger partial charge in [0.1, 0.15) is 0 Å². The molecule has 0 saturated carbocycles. The summed E-state index contributed by atoms with van der Waals surface area (Å²) in [4.78, 5) is 42.0. The molecule has 1 aliphatic heterocycles. The zero-order valence-electron chi connectivity index (χ0n) is 14.6. The highest BCUT2D eigenvalue weighted by atomic mass is 16.6. The fourth-order valence-corrected chi connectivity index (χ4v) is 2.36. The minimum atomic E-state index is -1.08. The van der Waals surface area contributed by atoms with Gasteiger partial charge in [0.2, 0.25) is 0 Å². The highest BCUT2D eigenvalue weighted by Crippen LogP contribution is 2.31. The number of carboxylic acids is 2. The lowest BCUT2D eigenvalue weighted by atomic mass is 9.80. The molecule has 1 aromatic rings. The van der Waals surface area contributed by atoms with Crippen LogP contribution in [0.1, 0.15) is 18.9 Å². The number of allylic oxidation sites excluding steroid dienone is 2. The number of carboxylic acid groups (broad SMARTS) is 2. The third-order valence-electron chi connectivity index (χ3n) is 3.97. The Hall–Kier alpha value is -3.95. The smallest absolute Gasteiger partial charge is 0.331 e. The summed E-state index contributed by atoms with van der Waals surface area (Å²) in [7, 11) is 0. The van der Waals surface area contributed by atoms with Crippen molar-refractivity contribution in [3.05, 3.63) is 69.8 Å². The van der Waals surface area contributed by atoms with Gasteiger partial charge in [-0.25, -0.2) is 4.79 Å². The standard InChI is InChI=1S/C9H5N3O3.C9H10O4/c13-9-5-8(10-11-9)6-1-3-7(4-2-6)12(14)15;1-9(8(12)13)4-2-3-6(5-9)7(10)11/h1-5H;2-4H,5H2,1H3,(H,10,11)(H,12,13). The number of nitro benzene ring substituents is 1. The van der Waals surface area contributed by atoms with Crippen LogP contribution in [-0.2, 0) is 14.4 Å². The molecule has 144 valence electrons. The van der Waals surface area contributed by atoms with E-state index in [0.29, 0.717) is 11.3 Å². The van der Waals surface area contributed by atoms with Crippen LogP contribution in [-0.4, -0.2) is 33.0 Å². The first-order valence-corrected chi connectivity index (χ1v) is 7.90. The van der Waals surface area contributed by atoms with E-state index < -0.39 is 28.2 Å². The van der Waals surface area contributed by atoms with Crippen molar-refractivity contribution >= 4 is 29.2 Å². The Bertz CT molecular complexity index is 958. The minimum absolute atomic E-state index is 0.000567. The van der Waals surface area contributed by atoms with E-state index in [-0.39, 0.29) is 17.7 Å². The summed E-state index contributed by atoms with van der Waals surface area (Å²) < 4.78 is 0. The average Bonchev–Trinajstić information content (AvgIpc) is 3.08. The minimum Gasteiger partial charge on any atom is -0.481 e. The van der Waals surface area contributed by atoms with Gasteiger partial charge in [-0.15, -0.1) is 10.2 Å². The number of amides is 1. The second kappa shape index (κ2) is 8.16. The number of rotatable bonds is 4. The van der Waals surface area contributed by atoms with Crippen LogP contribution < -0.4 is 0 Å². The predicted octanol–water partition coefficient (Wildman–Crippen LogP) is 2.98. The molecule has 2 N–H and O–H groups in total. The van der Waals surface area contributed by atoms with Crippen molar-refractivity contribution in [2.75, 3.05) is 0 Å². The second-order valence-corrected chi connectivity index (χ2v) is 6.13. The molecule has 0 spiro atoms. The SMILES string of the molecule is CC1(C(=O)O)C=CC=C(C(=O)O)C1.O=C1C=C(c2ccc([N+](=O)[O-])cc2)N=N1. The first kappa shape index (κ1) is 20.4. The topological polar surface area (TPSA) is 160 Å². The average molecular weight is 385 g/mol. The van der Waals surface area contributed by atoms with Crippen LogP contribution in [0.3, 0.4) is 0 Å². The zero-order valence-corrected chi connectivity index (χ0v) is 14.6. The van der Waals surface area contributed by atoms with E-state index in [1.807, 2.05) is 0 Å². The van der Waals surface area contributed by atoms with Crippen LogP contribution in [0, 0.1) is 15.5 Å². The number of hydrogen-bond donors (Lipinski definition) is 2. The maximum atomic E-state index is 10.8. The van der Waals surface area contributed by atoms with Crippen LogP contribution in [0.5, 0.6) is 0 Å². The molecule has 10 nitrogen and oxygen atoms in total. The van der Waals surface area contributed by atoms with Gasteiger partial charge < -0.3 is 10.2 Å². The van der Waals surface area contributed by atoms with E-state index in [2.05, 4.69) is 10.2 Å². The van der Waals surface area contributed by atoms with E-state index in [0.717, 1.165) is 0 Å². The molecule has 0 fully saturated rings. The van der Waals surface area contributed by atoms with Crippen LogP contribution in [0.4, 0.5) is 5.69 Å². The normalized spacial score (nSPS) is 20.0. The van der Waals surface area contributed by atoms with Gasteiger partial charge in [-0.1, -0.05) is 18.2 Å². The highest BCUT2D eigenvalue weighted by Gasteiger charge is 2.34. The first-order chi connectivity index (χ1) is 13.1. The summed E-state index contributed by atoms with van der Waals surface area (Å²) in [5.74, 6) is -2.48. The lowest BCUT2D eigenvalue weighted by Gasteiger charge is -2.23. The molecule has 0 saturated heterocycles. The van der Waals surface area contributed by atoms with Crippen molar-refractivity contribution in [2.45, 2.75) is 13.3 Å². The molecule has 3 rings (SSSR count). The summed E-state index contributed by atoms with van der Waals surface area (Å²) in [5, 5.41) is 34.8. The summed E-state index contributed by atoms with van der Waals surface area (Å²) in [6.45, 7) is 1.50. The molecule has 28 heavy (non-hydrogen) atoms. The molecule has 2 aliphatic rings. The third-order valence-corrected chi connectivity index (χ3v) is 3.97. The Kier molecular flexibility index (Phi) is 5.94. The summed E-state index contributed by atoms with van der Waals surface area (Å²) >= 11 is 0. The molecule has 0 radical (unpaired) electrons. The molecule has 1 heterocycles. The highest BCUT2D eigenvalue weighted by molar-refractivity contribution is 5.98. The zero-order chi connectivity index (χ0) is 20.9. The Morgan fingerprint density at radius 1 is 1.18 bits per heavy atom. The van der Waals surface area contributed by atoms with Crippen LogP contribution in [0.15, 0.2) is 64.4 Å². The van der Waals surface area contributed by atoms with Crippen molar-refractivity contribution in [3.63, 3.8) is 0 Å². The summed E-state index contributed by atoms with van der Waals surface area (Å²) in [6.07, 6.45) is 5.71. The molecule has 0 aromatic heterocycles. The Morgan fingerprint density at radius 2 is 1.82 bits per heavy atom. The van der Waals surface area contributed by atoms with Crippen molar-refractivity contribution < 1.29 is 29.5 Å². The van der Waals surface area contributed by atoms with Crippen LogP contribution in [0.2, 0.25) is 0 Å². The van der Waals surface area contributed by atoms with Gasteiger partial charge >= 0.3 is 11.9 Å². The van der Waals surface area contributed by atoms with E-state index in [4.69, 9.17) is 10.2 Å². The number of nitro groups is 1. The summed E-state index contributed by atoms with van der Waals surface area (Å²) in [5.41, 5.74) is 0.112. The third kappa shape index (κ3) is 4.81. The molecule has 0 bridgehead atoms. The second-order valence-electron chi connectivity index (χ2n) is 6.13. The van der Waals surface area contributed by atoms with Gasteiger partial charge in [0.15, 0.2) is 0 Å². The number of carbonyl (C=O) groups is 3. The molecule has 1 amide bonds. The number of hydrogen-bond acceptors (Lipinski definition) is 6. The number of nitrogens with zero attached hydrogens (tertiary/aromatic N) is 3. The van der Waals surface area contributed by atoms with Gasteiger partial charge in [-0.3, -0.25) is 19.7 Å². The molecule has 1 unspecified atom stereocenters. The van der Waals surface area contributed by atoms with Gasteiger partial charge in [0.25, 0.3) is 11.6 Å². The van der Waals surface area contributed by atoms with Gasteiger partial charge in [0, 0.05) is 29.3 Å². The van der Waals surface area contributed by atoms with Crippen molar-refractivity contribution in [3.8, 4) is 0 Å². The molecule has 1 aromatic carbocycles. The fraction of sp³-hybridized carbons (Fsp3) is 0.167. The maximum Gasteiger partial charge on any atom is 0.331 e. The van der Waals surface area contributed by atoms with Gasteiger partial charge in [0.05, 0.1) is 16.0 Å². The van der Waals surface area contributed by atoms with E-state index in [1.54, 1.807) is 0 Å². The predicted molar refractivity (Wildman–Crippen MR) is 96.2 cm³/mol.